The Balaban J connectivity index is 1.73. The lowest BCUT2D eigenvalue weighted by Crippen LogP contribution is -2.38. The van der Waals surface area contributed by atoms with Gasteiger partial charge in [-0.15, -0.1) is 11.8 Å². The summed E-state index contributed by atoms with van der Waals surface area (Å²) in [5, 5.41) is 9.62. The Bertz CT molecular complexity index is 810. The van der Waals surface area contributed by atoms with Gasteiger partial charge in [-0.3, -0.25) is 20.6 Å². The topological polar surface area (TPSA) is 79.2 Å². The zero-order valence-corrected chi connectivity index (χ0v) is 17.0. The fourth-order valence-electron chi connectivity index (χ4n) is 2.99. The number of rotatable bonds is 7. The number of nitrogens with zero attached hydrogens (tertiary/aromatic N) is 3. The summed E-state index contributed by atoms with van der Waals surface area (Å²) in [5.74, 6) is 1.43. The predicted octanol–water partition coefficient (Wildman–Crippen LogP) is 2.96. The van der Waals surface area contributed by atoms with E-state index in [1.807, 2.05) is 37.4 Å². The predicted molar refractivity (Wildman–Crippen MR) is 111 cm³/mol. The molecule has 1 fully saturated rings. The highest BCUT2D eigenvalue weighted by molar-refractivity contribution is 7.98. The second-order valence-electron chi connectivity index (χ2n) is 6.39. The van der Waals surface area contributed by atoms with Gasteiger partial charge in [0.1, 0.15) is 5.75 Å². The van der Waals surface area contributed by atoms with Gasteiger partial charge in [0.2, 0.25) is 5.88 Å². The van der Waals surface area contributed by atoms with Crippen molar-refractivity contribution in [1.29, 1.82) is 0 Å². The summed E-state index contributed by atoms with van der Waals surface area (Å²) in [5.41, 5.74) is 3.95. The van der Waals surface area contributed by atoms with Crippen LogP contribution in [0.25, 0.3) is 0 Å². The fraction of sp³-hybridized carbons (Fsp3) is 0.400. The number of aromatic nitrogens is 1. The van der Waals surface area contributed by atoms with Crippen molar-refractivity contribution in [3.8, 4) is 11.6 Å². The highest BCUT2D eigenvalue weighted by Crippen LogP contribution is 2.28. The third-order valence-electron chi connectivity index (χ3n) is 4.50. The van der Waals surface area contributed by atoms with Gasteiger partial charge in [-0.2, -0.15) is 0 Å². The number of nitrogens with one attached hydrogen (secondary N) is 1. The van der Waals surface area contributed by atoms with Crippen LogP contribution in [0.5, 0.6) is 11.6 Å². The molecule has 0 aliphatic carbocycles. The van der Waals surface area contributed by atoms with Crippen molar-refractivity contribution < 1.29 is 14.7 Å². The van der Waals surface area contributed by atoms with E-state index in [-0.39, 0.29) is 0 Å². The third kappa shape index (κ3) is 5.45. The van der Waals surface area contributed by atoms with Gasteiger partial charge in [0.25, 0.3) is 0 Å². The van der Waals surface area contributed by atoms with E-state index in [0.717, 1.165) is 38.4 Å². The summed E-state index contributed by atoms with van der Waals surface area (Å²) in [6.07, 6.45) is 3.71. The Kier molecular flexibility index (Phi) is 7.67. The molecule has 2 aromatic rings. The van der Waals surface area contributed by atoms with Crippen LogP contribution in [0.4, 0.5) is 0 Å². The molecule has 0 amide bonds. The lowest BCUT2D eigenvalue weighted by Gasteiger charge is -2.25. The van der Waals surface area contributed by atoms with E-state index in [2.05, 4.69) is 20.4 Å². The third-order valence-corrected chi connectivity index (χ3v) is 5.40. The number of hydrogen-bond acceptors (Lipinski definition) is 7. The molecule has 8 heteroatoms. The monoisotopic (exact) mass is 402 g/mol. The lowest BCUT2D eigenvalue weighted by molar-refractivity contribution is 0.0394. The van der Waals surface area contributed by atoms with Crippen LogP contribution in [0.1, 0.15) is 11.1 Å². The number of thioether (sulfide) groups is 1. The molecule has 0 radical (unpaired) electrons. The number of hydrogen-bond donors (Lipinski definition) is 2. The molecule has 1 aromatic heterocycles. The molecule has 0 spiro atoms. The van der Waals surface area contributed by atoms with Crippen LogP contribution in [0, 0.1) is 6.92 Å². The number of aliphatic imine (C=N–C) groups is 1. The molecule has 150 valence electrons. The maximum absolute atomic E-state index is 9.62. The van der Waals surface area contributed by atoms with E-state index in [4.69, 9.17) is 9.47 Å². The molecule has 1 aliphatic rings. The quantitative estimate of drug-likeness (QED) is 0.319. The van der Waals surface area contributed by atoms with Gasteiger partial charge >= 0.3 is 0 Å². The Morgan fingerprint density at radius 1 is 1.36 bits per heavy atom. The first-order valence-electron chi connectivity index (χ1n) is 9.24. The van der Waals surface area contributed by atoms with Crippen molar-refractivity contribution >= 4 is 17.6 Å². The van der Waals surface area contributed by atoms with E-state index >= 15 is 0 Å². The minimum atomic E-state index is 0.341. The molecule has 0 atom stereocenters. The van der Waals surface area contributed by atoms with E-state index in [1.165, 1.54) is 4.90 Å². The fourth-order valence-corrected chi connectivity index (χ4v) is 3.57. The number of morpholine rings is 1. The minimum Gasteiger partial charge on any atom is -0.438 e. The summed E-state index contributed by atoms with van der Waals surface area (Å²) in [4.78, 5) is 12.3. The average molecular weight is 403 g/mol. The van der Waals surface area contributed by atoms with E-state index < -0.39 is 0 Å². The molecule has 3 rings (SSSR count). The van der Waals surface area contributed by atoms with Crippen LogP contribution in [0.3, 0.4) is 0 Å². The highest BCUT2D eigenvalue weighted by atomic mass is 32.2. The molecule has 2 N–H and O–H groups in total. The summed E-state index contributed by atoms with van der Waals surface area (Å²) in [7, 11) is 0. The van der Waals surface area contributed by atoms with Crippen LogP contribution in [-0.2, 0) is 4.74 Å². The van der Waals surface area contributed by atoms with E-state index in [1.54, 1.807) is 24.0 Å². The Morgan fingerprint density at radius 3 is 2.89 bits per heavy atom. The van der Waals surface area contributed by atoms with Crippen molar-refractivity contribution in [3.63, 3.8) is 0 Å². The number of pyridine rings is 1. The van der Waals surface area contributed by atoms with Crippen LogP contribution in [-0.4, -0.2) is 66.6 Å². The summed E-state index contributed by atoms with van der Waals surface area (Å²) in [6, 6.07) is 9.53. The summed E-state index contributed by atoms with van der Waals surface area (Å²) >= 11 is 1.70. The molecule has 0 saturated carbocycles. The van der Waals surface area contributed by atoms with Crippen molar-refractivity contribution in [2.24, 2.45) is 4.99 Å². The number of aryl methyl sites for hydroxylation is 1. The van der Waals surface area contributed by atoms with Gasteiger partial charge in [0.05, 0.1) is 25.3 Å². The summed E-state index contributed by atoms with van der Waals surface area (Å²) < 4.78 is 11.3. The van der Waals surface area contributed by atoms with Gasteiger partial charge in [0.15, 0.2) is 5.84 Å². The average Bonchev–Trinajstić information content (AvgIpc) is 2.73. The number of benzene rings is 1. The molecule has 1 saturated heterocycles. The van der Waals surface area contributed by atoms with Gasteiger partial charge in [-0.05, 0) is 49.1 Å². The molecule has 1 aliphatic heterocycles. The van der Waals surface area contributed by atoms with Gasteiger partial charge < -0.3 is 9.47 Å². The Morgan fingerprint density at radius 2 is 2.18 bits per heavy atom. The molecule has 28 heavy (non-hydrogen) atoms. The lowest BCUT2D eigenvalue weighted by atomic mass is 10.2. The van der Waals surface area contributed by atoms with Gasteiger partial charge in [0, 0.05) is 30.7 Å². The summed E-state index contributed by atoms with van der Waals surface area (Å²) in [6.45, 7) is 6.73. The Labute approximate surface area is 169 Å². The molecule has 0 bridgehead atoms. The number of ether oxygens (including phenoxy) is 2. The first-order valence-corrected chi connectivity index (χ1v) is 10.5. The van der Waals surface area contributed by atoms with Gasteiger partial charge in [-0.25, -0.2) is 4.98 Å². The standard InChI is InChI=1S/C20H26N4O3S/c1-15-14-16(5-6-18(15)28-2)27-20-17(4-3-7-22-20)19(23-25)21-8-9-24-10-12-26-13-11-24/h3-7,14,25H,8-13H2,1-2H3,(H,21,23). The first kappa shape index (κ1) is 20.6. The van der Waals surface area contributed by atoms with Crippen molar-refractivity contribution in [1.82, 2.24) is 15.4 Å². The van der Waals surface area contributed by atoms with Crippen molar-refractivity contribution in [3.05, 3.63) is 47.7 Å². The second kappa shape index (κ2) is 10.4. The molecule has 0 unspecified atom stereocenters. The smallest absolute Gasteiger partial charge is 0.230 e. The van der Waals surface area contributed by atoms with Crippen LogP contribution < -0.4 is 10.2 Å². The number of hydroxylamine groups is 1. The van der Waals surface area contributed by atoms with E-state index in [0.29, 0.717) is 29.6 Å². The second-order valence-corrected chi connectivity index (χ2v) is 7.23. The van der Waals surface area contributed by atoms with Crippen LogP contribution >= 0.6 is 11.8 Å². The van der Waals surface area contributed by atoms with Crippen LogP contribution in [0.15, 0.2) is 46.4 Å². The highest BCUT2D eigenvalue weighted by Gasteiger charge is 2.14. The molecule has 1 aromatic carbocycles. The first-order chi connectivity index (χ1) is 13.7. The van der Waals surface area contributed by atoms with Crippen molar-refractivity contribution in [2.45, 2.75) is 11.8 Å². The normalized spacial score (nSPS) is 15.5. The van der Waals surface area contributed by atoms with Crippen LogP contribution in [0.2, 0.25) is 0 Å². The largest absolute Gasteiger partial charge is 0.438 e. The van der Waals surface area contributed by atoms with Gasteiger partial charge in [-0.1, -0.05) is 0 Å². The number of amidine groups is 1. The Hall–Kier alpha value is -2.13. The molecule has 7 nitrogen and oxygen atoms in total. The molecule has 2 heterocycles. The van der Waals surface area contributed by atoms with E-state index in [9.17, 15) is 5.21 Å². The molecular weight excluding hydrogens is 376 g/mol. The minimum absolute atomic E-state index is 0.341. The maximum Gasteiger partial charge on any atom is 0.230 e. The SMILES string of the molecule is CSc1ccc(Oc2ncccc2C(=NCCN2CCOCC2)NO)cc1C. The van der Waals surface area contributed by atoms with Crippen molar-refractivity contribution in [2.75, 3.05) is 45.6 Å². The maximum atomic E-state index is 9.62. The zero-order chi connectivity index (χ0) is 19.8. The molecular formula is C20H26N4O3S. The zero-order valence-electron chi connectivity index (χ0n) is 16.2.